The topological polar surface area (TPSA) is 60.7 Å². The van der Waals surface area contributed by atoms with Crippen molar-refractivity contribution < 1.29 is 18.7 Å². The van der Waals surface area contributed by atoms with Crippen molar-refractivity contribution in [1.82, 2.24) is 0 Å². The minimum atomic E-state index is -0.249. The van der Waals surface area contributed by atoms with Crippen molar-refractivity contribution in [2.24, 2.45) is 0 Å². The van der Waals surface area contributed by atoms with Crippen LogP contribution >= 0.6 is 11.6 Å². The first-order chi connectivity index (χ1) is 16.8. The summed E-state index contributed by atoms with van der Waals surface area (Å²) in [5.74, 6) is 1.24. The summed E-state index contributed by atoms with van der Waals surface area (Å²) in [5.41, 5.74) is 6.77. The number of furan rings is 1. The van der Waals surface area contributed by atoms with Gasteiger partial charge in [-0.25, -0.2) is 0 Å². The normalized spacial score (nSPS) is 11.5. The van der Waals surface area contributed by atoms with Gasteiger partial charge in [0.25, 0.3) is 0 Å². The fourth-order valence-electron chi connectivity index (χ4n) is 4.12. The molecule has 0 aliphatic carbocycles. The van der Waals surface area contributed by atoms with E-state index in [0.29, 0.717) is 23.1 Å². The van der Waals surface area contributed by atoms with Crippen LogP contribution in [0.1, 0.15) is 30.5 Å². The maximum Gasteiger partial charge on any atom is 0.248 e. The molecule has 0 radical (unpaired) electrons. The highest BCUT2D eigenvalue weighted by Gasteiger charge is 2.19. The molecule has 4 aromatic rings. The number of amides is 1. The number of nitrogens with one attached hydrogen (secondary N) is 1. The molecule has 0 fully saturated rings. The molecule has 1 amide bonds. The van der Waals surface area contributed by atoms with E-state index >= 15 is 0 Å². The monoisotopic (exact) mass is 489 g/mol. The number of hydrogen-bond acceptors (Lipinski definition) is 4. The van der Waals surface area contributed by atoms with E-state index in [1.165, 1.54) is 0 Å². The van der Waals surface area contributed by atoms with Crippen molar-refractivity contribution in [2.45, 2.75) is 27.7 Å². The molecule has 0 saturated carbocycles. The summed E-state index contributed by atoms with van der Waals surface area (Å²) < 4.78 is 17.2. The number of methoxy groups -OCH3 is 1. The number of carbonyl (C=O) groups excluding carboxylic acids is 1. The summed E-state index contributed by atoms with van der Waals surface area (Å²) >= 11 is 6.19. The molecule has 0 spiro atoms. The summed E-state index contributed by atoms with van der Waals surface area (Å²) in [6, 6.07) is 15.4. The Morgan fingerprint density at radius 1 is 1.11 bits per heavy atom. The number of allylic oxidation sites excluding steroid dienone is 1. The highest BCUT2D eigenvalue weighted by molar-refractivity contribution is 6.31. The van der Waals surface area contributed by atoms with Gasteiger partial charge < -0.3 is 19.2 Å². The standard InChI is InChI=1S/C29H28ClNO4/c1-6-34-22-11-8-20(9-12-22)25-16-35-29-19(4)28(33-5)23(15-24(25)29)18(3)13-27(32)31-21-10-7-17(2)26(30)14-21/h7-16H,6H2,1-5H3,(H,31,32)/b18-13+. The third kappa shape index (κ3) is 5.05. The number of hydrogen-bond donors (Lipinski definition) is 1. The molecule has 35 heavy (non-hydrogen) atoms. The van der Waals surface area contributed by atoms with Gasteiger partial charge >= 0.3 is 0 Å². The highest BCUT2D eigenvalue weighted by Crippen LogP contribution is 2.40. The highest BCUT2D eigenvalue weighted by atomic mass is 35.5. The molecule has 0 saturated heterocycles. The average Bonchev–Trinajstić information content (AvgIpc) is 3.26. The number of fused-ring (bicyclic) bond motifs is 1. The minimum absolute atomic E-state index is 0.249. The number of ether oxygens (including phenoxy) is 2. The average molecular weight is 490 g/mol. The van der Waals surface area contributed by atoms with E-state index in [0.717, 1.165) is 50.1 Å². The molecular weight excluding hydrogens is 462 g/mol. The van der Waals surface area contributed by atoms with Gasteiger partial charge in [-0.15, -0.1) is 0 Å². The molecule has 1 aromatic heterocycles. The van der Waals surface area contributed by atoms with E-state index in [9.17, 15) is 4.79 Å². The van der Waals surface area contributed by atoms with Crippen LogP contribution in [-0.4, -0.2) is 19.6 Å². The molecule has 1 N–H and O–H groups in total. The Morgan fingerprint density at radius 2 is 1.86 bits per heavy atom. The molecule has 0 aliphatic heterocycles. The van der Waals surface area contributed by atoms with Crippen molar-refractivity contribution in [3.63, 3.8) is 0 Å². The summed E-state index contributed by atoms with van der Waals surface area (Å²) in [4.78, 5) is 12.8. The Kier molecular flexibility index (Phi) is 7.17. The summed E-state index contributed by atoms with van der Waals surface area (Å²) in [6.07, 6.45) is 3.32. The molecule has 0 atom stereocenters. The fourth-order valence-corrected chi connectivity index (χ4v) is 4.30. The Balaban J connectivity index is 1.72. The maximum atomic E-state index is 12.8. The number of rotatable bonds is 7. The molecule has 0 aliphatic rings. The second-order valence-corrected chi connectivity index (χ2v) is 8.75. The predicted molar refractivity (Wildman–Crippen MR) is 143 cm³/mol. The van der Waals surface area contributed by atoms with Gasteiger partial charge in [0.05, 0.1) is 20.0 Å². The van der Waals surface area contributed by atoms with Crippen LogP contribution in [0.4, 0.5) is 5.69 Å². The SMILES string of the molecule is CCOc1ccc(-c2coc3c(C)c(OC)c(/C(C)=C/C(=O)Nc4ccc(C)c(Cl)c4)cc23)cc1. The van der Waals surface area contributed by atoms with Crippen LogP contribution in [0.25, 0.3) is 27.7 Å². The number of halogens is 1. The molecule has 180 valence electrons. The predicted octanol–water partition coefficient (Wildman–Crippen LogP) is 7.82. The first-order valence-electron chi connectivity index (χ1n) is 11.4. The first kappa shape index (κ1) is 24.4. The molecule has 6 heteroatoms. The van der Waals surface area contributed by atoms with E-state index in [-0.39, 0.29) is 5.91 Å². The van der Waals surface area contributed by atoms with Crippen LogP contribution < -0.4 is 14.8 Å². The van der Waals surface area contributed by atoms with E-state index in [1.54, 1.807) is 25.5 Å². The molecular formula is C29H28ClNO4. The second kappa shape index (κ2) is 10.3. The van der Waals surface area contributed by atoms with Crippen molar-refractivity contribution in [3.8, 4) is 22.6 Å². The number of carbonyl (C=O) groups is 1. The summed E-state index contributed by atoms with van der Waals surface area (Å²) in [7, 11) is 1.62. The lowest BCUT2D eigenvalue weighted by molar-refractivity contribution is -0.111. The lowest BCUT2D eigenvalue weighted by atomic mass is 9.96. The smallest absolute Gasteiger partial charge is 0.248 e. The molecule has 0 bridgehead atoms. The molecule has 5 nitrogen and oxygen atoms in total. The van der Waals surface area contributed by atoms with Gasteiger partial charge in [-0.3, -0.25) is 4.79 Å². The Hall–Kier alpha value is -3.70. The van der Waals surface area contributed by atoms with Crippen LogP contribution in [0.5, 0.6) is 11.5 Å². The van der Waals surface area contributed by atoms with Gasteiger partial charge in [-0.05, 0) is 74.7 Å². The van der Waals surface area contributed by atoms with Gasteiger partial charge in [-0.2, -0.15) is 0 Å². The lowest BCUT2D eigenvalue weighted by Gasteiger charge is -2.13. The number of benzene rings is 3. The lowest BCUT2D eigenvalue weighted by Crippen LogP contribution is -2.09. The van der Waals surface area contributed by atoms with Gasteiger partial charge in [0.15, 0.2) is 0 Å². The van der Waals surface area contributed by atoms with Crippen LogP contribution in [-0.2, 0) is 4.79 Å². The molecule has 1 heterocycles. The van der Waals surface area contributed by atoms with Gasteiger partial charge in [0.1, 0.15) is 17.1 Å². The zero-order valence-electron chi connectivity index (χ0n) is 20.5. The van der Waals surface area contributed by atoms with E-state index in [4.69, 9.17) is 25.5 Å². The van der Waals surface area contributed by atoms with Crippen LogP contribution in [0.3, 0.4) is 0 Å². The molecule has 4 rings (SSSR count). The first-order valence-corrected chi connectivity index (χ1v) is 11.8. The van der Waals surface area contributed by atoms with Crippen LogP contribution in [0.15, 0.2) is 65.3 Å². The number of anilines is 1. The zero-order chi connectivity index (χ0) is 25.1. The molecule has 3 aromatic carbocycles. The van der Waals surface area contributed by atoms with Crippen molar-refractivity contribution in [3.05, 3.63) is 82.6 Å². The van der Waals surface area contributed by atoms with Crippen molar-refractivity contribution in [2.75, 3.05) is 19.0 Å². The Bertz CT molecular complexity index is 1420. The third-order valence-corrected chi connectivity index (χ3v) is 6.34. The van der Waals surface area contributed by atoms with Gasteiger partial charge in [0, 0.05) is 38.9 Å². The van der Waals surface area contributed by atoms with E-state index in [2.05, 4.69) is 5.32 Å². The quantitative estimate of drug-likeness (QED) is 0.269. The Labute approximate surface area is 210 Å². The van der Waals surface area contributed by atoms with Crippen molar-refractivity contribution in [1.29, 1.82) is 0 Å². The molecule has 0 unspecified atom stereocenters. The summed E-state index contributed by atoms with van der Waals surface area (Å²) in [6.45, 7) is 8.34. The number of aryl methyl sites for hydroxylation is 2. The van der Waals surface area contributed by atoms with Crippen molar-refractivity contribution >= 4 is 39.7 Å². The van der Waals surface area contributed by atoms with Gasteiger partial charge in [-0.1, -0.05) is 29.8 Å². The maximum absolute atomic E-state index is 12.8. The fraction of sp³-hybridized carbons (Fsp3) is 0.207. The van der Waals surface area contributed by atoms with Gasteiger partial charge in [0.2, 0.25) is 5.91 Å². The third-order valence-electron chi connectivity index (χ3n) is 5.94. The van der Waals surface area contributed by atoms with Crippen LogP contribution in [0.2, 0.25) is 5.02 Å². The zero-order valence-corrected chi connectivity index (χ0v) is 21.2. The second-order valence-electron chi connectivity index (χ2n) is 8.35. The Morgan fingerprint density at radius 3 is 2.51 bits per heavy atom. The van der Waals surface area contributed by atoms with Crippen LogP contribution in [0, 0.1) is 13.8 Å². The van der Waals surface area contributed by atoms with E-state index < -0.39 is 0 Å². The minimum Gasteiger partial charge on any atom is -0.496 e. The van der Waals surface area contributed by atoms with E-state index in [1.807, 2.05) is 70.2 Å². The summed E-state index contributed by atoms with van der Waals surface area (Å²) in [5, 5.41) is 4.43. The largest absolute Gasteiger partial charge is 0.496 e.